The van der Waals surface area contributed by atoms with E-state index in [-0.39, 0.29) is 0 Å². The number of hydrogen-bond donors (Lipinski definition) is 1. The fourth-order valence-corrected chi connectivity index (χ4v) is 0.495. The molecule has 1 unspecified atom stereocenters. The maximum atomic E-state index is 10.3. The first-order valence-corrected chi connectivity index (χ1v) is 2.50. The first-order valence-electron chi connectivity index (χ1n) is 2.50. The zero-order valence-electron chi connectivity index (χ0n) is 4.70. The summed E-state index contributed by atoms with van der Waals surface area (Å²) in [5, 5.41) is 0. The Bertz CT molecular complexity index is 172. The zero-order chi connectivity index (χ0) is 6.69. The normalized spacial score (nSPS) is 23.3. The minimum atomic E-state index is -0.699. The molecule has 1 rings (SSSR count). The van der Waals surface area contributed by atoms with Crippen molar-refractivity contribution in [3.05, 3.63) is 24.5 Å². The minimum absolute atomic E-state index is 0.518. The van der Waals surface area contributed by atoms with Crippen LogP contribution in [0.25, 0.3) is 0 Å². The Morgan fingerprint density at radius 3 is 2.89 bits per heavy atom. The molecule has 1 atom stereocenters. The van der Waals surface area contributed by atoms with Crippen LogP contribution in [0, 0.1) is 6.08 Å². The van der Waals surface area contributed by atoms with Crippen LogP contribution in [-0.2, 0) is 9.53 Å². The molecule has 1 heterocycles. The van der Waals surface area contributed by atoms with Crippen molar-refractivity contribution in [2.24, 2.45) is 5.73 Å². The second-order valence-corrected chi connectivity index (χ2v) is 1.58. The average Bonchev–Trinajstić information content (AvgIpc) is 1.90. The van der Waals surface area contributed by atoms with Crippen LogP contribution in [0.4, 0.5) is 0 Å². The molecule has 0 aromatic heterocycles. The van der Waals surface area contributed by atoms with Crippen molar-refractivity contribution < 1.29 is 9.53 Å². The number of ether oxygens (including phenoxy) is 1. The van der Waals surface area contributed by atoms with Crippen LogP contribution in [0.1, 0.15) is 0 Å². The predicted octanol–water partition coefficient (Wildman–Crippen LogP) is -0.256. The summed E-state index contributed by atoms with van der Waals surface area (Å²) in [4.78, 5) is 10.3. The van der Waals surface area contributed by atoms with Gasteiger partial charge in [0.1, 0.15) is 0 Å². The standard InChI is InChI=1S/C6H6NO2/c7-6(8)5-3-1-2-4-9-5/h1-2,4-5H,(H2,7,8). The molecule has 47 valence electrons. The van der Waals surface area contributed by atoms with Crippen molar-refractivity contribution >= 4 is 5.91 Å². The van der Waals surface area contributed by atoms with E-state index < -0.39 is 12.0 Å². The van der Waals surface area contributed by atoms with Crippen molar-refractivity contribution in [1.82, 2.24) is 0 Å². The van der Waals surface area contributed by atoms with Crippen LogP contribution in [0.2, 0.25) is 0 Å². The van der Waals surface area contributed by atoms with E-state index in [1.54, 1.807) is 12.2 Å². The molecule has 1 aliphatic rings. The number of nitrogens with two attached hydrogens (primary N) is 1. The van der Waals surface area contributed by atoms with E-state index in [2.05, 4.69) is 6.08 Å². The number of carbonyl (C=O) groups is 1. The number of carbonyl (C=O) groups excluding carboxylic acids is 1. The van der Waals surface area contributed by atoms with Gasteiger partial charge in [0.05, 0.1) is 6.26 Å². The lowest BCUT2D eigenvalue weighted by atomic mass is 10.3. The molecule has 1 amide bonds. The highest BCUT2D eigenvalue weighted by atomic mass is 16.5. The Morgan fingerprint density at radius 2 is 2.56 bits per heavy atom. The quantitative estimate of drug-likeness (QED) is 0.523. The Kier molecular flexibility index (Phi) is 1.53. The third-order valence-corrected chi connectivity index (χ3v) is 0.895. The smallest absolute Gasteiger partial charge is 0.263 e. The molecule has 0 aromatic rings. The molecule has 0 fully saturated rings. The van der Waals surface area contributed by atoms with Crippen LogP contribution >= 0.6 is 0 Å². The van der Waals surface area contributed by atoms with Gasteiger partial charge in [-0.15, -0.1) is 0 Å². The van der Waals surface area contributed by atoms with Crippen LogP contribution in [0.5, 0.6) is 0 Å². The van der Waals surface area contributed by atoms with Gasteiger partial charge < -0.3 is 10.5 Å². The van der Waals surface area contributed by atoms with Crippen LogP contribution < -0.4 is 5.73 Å². The number of allylic oxidation sites excluding steroid dienone is 2. The molecule has 3 nitrogen and oxygen atoms in total. The lowest BCUT2D eigenvalue weighted by Gasteiger charge is -2.08. The van der Waals surface area contributed by atoms with E-state index in [9.17, 15) is 4.79 Å². The van der Waals surface area contributed by atoms with Gasteiger partial charge in [0.2, 0.25) is 6.10 Å². The maximum Gasteiger partial charge on any atom is 0.263 e. The molecule has 0 saturated heterocycles. The number of primary amides is 1. The predicted molar refractivity (Wildman–Crippen MR) is 31.0 cm³/mol. The molecule has 3 heteroatoms. The lowest BCUT2D eigenvalue weighted by Crippen LogP contribution is -2.29. The Morgan fingerprint density at radius 1 is 1.78 bits per heavy atom. The second-order valence-electron chi connectivity index (χ2n) is 1.58. The summed E-state index contributed by atoms with van der Waals surface area (Å²) in [7, 11) is 0. The zero-order valence-corrected chi connectivity index (χ0v) is 4.70. The Hall–Kier alpha value is -1.25. The van der Waals surface area contributed by atoms with Gasteiger partial charge in [0.25, 0.3) is 5.91 Å². The first kappa shape index (κ1) is 5.88. The van der Waals surface area contributed by atoms with Crippen molar-refractivity contribution in [2.45, 2.75) is 6.10 Å². The fraction of sp³-hybridized carbons (Fsp3) is 0.167. The number of rotatable bonds is 1. The number of amides is 1. The molecule has 0 spiro atoms. The molecular weight excluding hydrogens is 118 g/mol. The largest absolute Gasteiger partial charge is 0.483 e. The van der Waals surface area contributed by atoms with Crippen molar-refractivity contribution in [3.63, 3.8) is 0 Å². The molecular formula is C6H6NO2. The SMILES string of the molecule is NC(=O)C1[C]=CC=CO1. The molecule has 9 heavy (non-hydrogen) atoms. The summed E-state index contributed by atoms with van der Waals surface area (Å²) in [6, 6.07) is 0. The molecule has 0 aliphatic carbocycles. The molecule has 2 N–H and O–H groups in total. The first-order chi connectivity index (χ1) is 4.30. The number of hydrogen-bond acceptors (Lipinski definition) is 2. The third kappa shape index (κ3) is 1.32. The van der Waals surface area contributed by atoms with Gasteiger partial charge in [-0.25, -0.2) is 0 Å². The van der Waals surface area contributed by atoms with E-state index in [1.165, 1.54) is 6.26 Å². The summed E-state index contributed by atoms with van der Waals surface area (Å²) in [6.45, 7) is 0. The summed E-state index contributed by atoms with van der Waals surface area (Å²) >= 11 is 0. The fourth-order valence-electron chi connectivity index (χ4n) is 0.495. The second kappa shape index (κ2) is 2.35. The highest BCUT2D eigenvalue weighted by molar-refractivity contribution is 5.80. The molecule has 0 aromatic carbocycles. The topological polar surface area (TPSA) is 52.3 Å². The summed E-state index contributed by atoms with van der Waals surface area (Å²) < 4.78 is 4.74. The lowest BCUT2D eigenvalue weighted by molar-refractivity contribution is -0.124. The van der Waals surface area contributed by atoms with Gasteiger partial charge in [-0.05, 0) is 6.08 Å². The molecule has 1 radical (unpaired) electrons. The van der Waals surface area contributed by atoms with E-state index >= 15 is 0 Å². The summed E-state index contributed by atoms with van der Waals surface area (Å²) in [6.07, 6.45) is 6.55. The van der Waals surface area contributed by atoms with E-state index in [4.69, 9.17) is 10.5 Å². The monoisotopic (exact) mass is 124 g/mol. The highest BCUT2D eigenvalue weighted by Crippen LogP contribution is 1.98. The molecule has 0 bridgehead atoms. The van der Waals surface area contributed by atoms with E-state index in [0.717, 1.165) is 0 Å². The van der Waals surface area contributed by atoms with Crippen LogP contribution in [0.15, 0.2) is 18.4 Å². The van der Waals surface area contributed by atoms with Gasteiger partial charge in [-0.3, -0.25) is 4.79 Å². The van der Waals surface area contributed by atoms with Gasteiger partial charge in [0, 0.05) is 6.08 Å². The minimum Gasteiger partial charge on any atom is -0.483 e. The van der Waals surface area contributed by atoms with Crippen LogP contribution in [-0.4, -0.2) is 12.0 Å². The van der Waals surface area contributed by atoms with Crippen molar-refractivity contribution in [2.75, 3.05) is 0 Å². The average molecular weight is 124 g/mol. The highest BCUT2D eigenvalue weighted by Gasteiger charge is 2.11. The summed E-state index contributed by atoms with van der Waals surface area (Å²) in [5.74, 6) is -0.518. The van der Waals surface area contributed by atoms with Gasteiger partial charge in [-0.2, -0.15) is 0 Å². The maximum absolute atomic E-state index is 10.3. The van der Waals surface area contributed by atoms with E-state index in [0.29, 0.717) is 0 Å². The van der Waals surface area contributed by atoms with Gasteiger partial charge in [-0.1, -0.05) is 6.08 Å². The van der Waals surface area contributed by atoms with Crippen molar-refractivity contribution in [3.8, 4) is 0 Å². The Balaban J connectivity index is 2.56. The third-order valence-electron chi connectivity index (χ3n) is 0.895. The molecule has 1 aliphatic heterocycles. The van der Waals surface area contributed by atoms with Gasteiger partial charge in [0.15, 0.2) is 0 Å². The molecule has 0 saturated carbocycles. The van der Waals surface area contributed by atoms with Gasteiger partial charge >= 0.3 is 0 Å². The van der Waals surface area contributed by atoms with Crippen molar-refractivity contribution in [1.29, 1.82) is 0 Å². The van der Waals surface area contributed by atoms with Crippen LogP contribution in [0.3, 0.4) is 0 Å². The Labute approximate surface area is 52.8 Å². The summed E-state index contributed by atoms with van der Waals surface area (Å²) in [5.41, 5.74) is 4.89. The van der Waals surface area contributed by atoms with E-state index in [1.807, 2.05) is 0 Å².